The van der Waals surface area contributed by atoms with E-state index in [0.29, 0.717) is 0 Å². The lowest BCUT2D eigenvalue weighted by Gasteiger charge is -2.16. The van der Waals surface area contributed by atoms with Crippen molar-refractivity contribution in [3.63, 3.8) is 0 Å². The number of hydrogen-bond donors (Lipinski definition) is 1. The van der Waals surface area contributed by atoms with Crippen molar-refractivity contribution in [2.24, 2.45) is 0 Å². The summed E-state index contributed by atoms with van der Waals surface area (Å²) in [5, 5.41) is 4.57. The highest BCUT2D eigenvalue weighted by Crippen LogP contribution is 2.30. The first-order chi connectivity index (χ1) is 14.2. The van der Waals surface area contributed by atoms with E-state index in [1.807, 2.05) is 24.4 Å². The monoisotopic (exact) mass is 381 g/mol. The molecule has 144 valence electrons. The molecule has 0 saturated carbocycles. The predicted octanol–water partition coefficient (Wildman–Crippen LogP) is 4.90. The first-order valence-electron chi connectivity index (χ1n) is 9.89. The third-order valence-electron chi connectivity index (χ3n) is 5.53. The maximum Gasteiger partial charge on any atom is 0.138 e. The second kappa shape index (κ2) is 7.26. The maximum atomic E-state index is 4.54. The van der Waals surface area contributed by atoms with Crippen LogP contribution in [0.1, 0.15) is 27.9 Å². The van der Waals surface area contributed by atoms with E-state index in [1.165, 1.54) is 22.3 Å². The Labute approximate surface area is 170 Å². The van der Waals surface area contributed by atoms with E-state index >= 15 is 0 Å². The average Bonchev–Trinajstić information content (AvgIpc) is 3.14. The molecule has 0 amide bonds. The Balaban J connectivity index is 1.37. The van der Waals surface area contributed by atoms with Gasteiger partial charge in [-0.1, -0.05) is 42.0 Å². The summed E-state index contributed by atoms with van der Waals surface area (Å²) < 4.78 is 0. The van der Waals surface area contributed by atoms with Gasteiger partial charge >= 0.3 is 0 Å². The Morgan fingerprint density at radius 3 is 2.76 bits per heavy atom. The number of hydrogen-bond acceptors (Lipinski definition) is 5. The number of aryl methyl sites for hydroxylation is 2. The fraction of sp³-hybridized carbons (Fsp3) is 0.208. The molecule has 0 bridgehead atoms. The summed E-state index contributed by atoms with van der Waals surface area (Å²) in [7, 11) is 0. The molecule has 4 aromatic rings. The topological polar surface area (TPSA) is 53.9 Å². The summed E-state index contributed by atoms with van der Waals surface area (Å²) in [6, 6.07) is 16.9. The number of rotatable bonds is 4. The number of nitrogens with one attached hydrogen (secondary N) is 1. The van der Waals surface area contributed by atoms with Crippen LogP contribution < -0.4 is 5.32 Å². The fourth-order valence-corrected chi connectivity index (χ4v) is 4.00. The molecule has 1 aliphatic heterocycles. The quantitative estimate of drug-likeness (QED) is 0.545. The van der Waals surface area contributed by atoms with E-state index in [1.54, 1.807) is 6.33 Å². The van der Waals surface area contributed by atoms with Crippen molar-refractivity contribution in [2.75, 3.05) is 5.32 Å². The molecule has 1 N–H and O–H groups in total. The molecule has 2 aromatic carbocycles. The van der Waals surface area contributed by atoms with E-state index in [-0.39, 0.29) is 0 Å². The minimum Gasteiger partial charge on any atom is -0.339 e. The Morgan fingerprint density at radius 2 is 1.86 bits per heavy atom. The van der Waals surface area contributed by atoms with Crippen LogP contribution in [0.3, 0.4) is 0 Å². The molecule has 1 aliphatic rings. The highest BCUT2D eigenvalue weighted by molar-refractivity contribution is 5.82. The largest absolute Gasteiger partial charge is 0.339 e. The van der Waals surface area contributed by atoms with Crippen molar-refractivity contribution in [3.8, 4) is 0 Å². The molecule has 0 saturated heterocycles. The maximum absolute atomic E-state index is 4.54. The lowest BCUT2D eigenvalue weighted by Crippen LogP contribution is -2.16. The SMILES string of the molecule is Cc1ccc(CN2Cc3ncnc(Nc4cnc5ccccc5c4)c3C2)c(C)c1. The normalized spacial score (nSPS) is 13.6. The lowest BCUT2D eigenvalue weighted by atomic mass is 10.1. The van der Waals surface area contributed by atoms with E-state index < -0.39 is 0 Å². The first-order valence-corrected chi connectivity index (χ1v) is 9.89. The number of benzene rings is 2. The Morgan fingerprint density at radius 1 is 0.966 bits per heavy atom. The zero-order valence-electron chi connectivity index (χ0n) is 16.7. The number of pyridine rings is 1. The number of aromatic nitrogens is 3. The van der Waals surface area contributed by atoms with Crippen LogP contribution in [-0.2, 0) is 19.6 Å². The van der Waals surface area contributed by atoms with Crippen LogP contribution in [0.2, 0.25) is 0 Å². The van der Waals surface area contributed by atoms with Gasteiger partial charge in [0.05, 0.1) is 23.1 Å². The smallest absolute Gasteiger partial charge is 0.138 e. The van der Waals surface area contributed by atoms with Crippen molar-refractivity contribution in [2.45, 2.75) is 33.5 Å². The number of fused-ring (bicyclic) bond motifs is 2. The third-order valence-corrected chi connectivity index (χ3v) is 5.53. The van der Waals surface area contributed by atoms with E-state index in [2.05, 4.69) is 69.3 Å². The zero-order valence-corrected chi connectivity index (χ0v) is 16.7. The Kier molecular flexibility index (Phi) is 4.45. The highest BCUT2D eigenvalue weighted by atomic mass is 15.2. The second-order valence-corrected chi connectivity index (χ2v) is 7.76. The summed E-state index contributed by atoms with van der Waals surface area (Å²) in [6.45, 7) is 6.92. The van der Waals surface area contributed by atoms with Crippen LogP contribution in [-0.4, -0.2) is 19.9 Å². The Hall–Kier alpha value is -3.31. The van der Waals surface area contributed by atoms with E-state index in [9.17, 15) is 0 Å². The molecular formula is C24H23N5. The predicted molar refractivity (Wildman–Crippen MR) is 116 cm³/mol. The molecule has 0 spiro atoms. The van der Waals surface area contributed by atoms with Gasteiger partial charge in [0.2, 0.25) is 0 Å². The summed E-state index contributed by atoms with van der Waals surface area (Å²) in [6.07, 6.45) is 3.51. The minimum absolute atomic E-state index is 0.840. The molecule has 0 atom stereocenters. The summed E-state index contributed by atoms with van der Waals surface area (Å²) in [4.78, 5) is 16.0. The zero-order chi connectivity index (χ0) is 19.8. The molecule has 5 rings (SSSR count). The van der Waals surface area contributed by atoms with Crippen molar-refractivity contribution < 1.29 is 0 Å². The van der Waals surface area contributed by atoms with Crippen molar-refractivity contribution >= 4 is 22.4 Å². The van der Waals surface area contributed by atoms with Gasteiger partial charge in [0.15, 0.2) is 0 Å². The molecule has 5 nitrogen and oxygen atoms in total. The van der Waals surface area contributed by atoms with E-state index in [4.69, 9.17) is 0 Å². The standard InChI is InChI=1S/C24H23N5/c1-16-7-8-19(17(2)9-16)12-29-13-21-23(14-29)26-15-27-24(21)28-20-10-18-5-3-4-6-22(18)25-11-20/h3-11,15H,12-14H2,1-2H3,(H,26,27,28). The number of para-hydroxylation sites is 1. The van der Waals surface area contributed by atoms with E-state index in [0.717, 1.165) is 47.7 Å². The van der Waals surface area contributed by atoms with Crippen LogP contribution in [0, 0.1) is 13.8 Å². The van der Waals surface area contributed by atoms with Gasteiger partial charge in [0.1, 0.15) is 12.1 Å². The number of anilines is 2. The molecule has 0 unspecified atom stereocenters. The Bertz CT molecular complexity index is 1200. The molecule has 0 radical (unpaired) electrons. The van der Waals surface area contributed by atoms with Gasteiger partial charge in [0, 0.05) is 30.6 Å². The third kappa shape index (κ3) is 3.57. The molecule has 2 aromatic heterocycles. The molecular weight excluding hydrogens is 358 g/mol. The van der Waals surface area contributed by atoms with Gasteiger partial charge in [-0.15, -0.1) is 0 Å². The first kappa shape index (κ1) is 17.8. The van der Waals surface area contributed by atoms with Gasteiger partial charge in [-0.2, -0.15) is 0 Å². The van der Waals surface area contributed by atoms with Crippen LogP contribution in [0.5, 0.6) is 0 Å². The van der Waals surface area contributed by atoms with Crippen LogP contribution in [0.15, 0.2) is 61.1 Å². The van der Waals surface area contributed by atoms with Crippen LogP contribution >= 0.6 is 0 Å². The lowest BCUT2D eigenvalue weighted by molar-refractivity contribution is 0.273. The van der Waals surface area contributed by atoms with Crippen LogP contribution in [0.4, 0.5) is 11.5 Å². The molecule has 0 aliphatic carbocycles. The number of nitrogens with zero attached hydrogens (tertiary/aromatic N) is 4. The fourth-order valence-electron chi connectivity index (χ4n) is 4.00. The minimum atomic E-state index is 0.840. The van der Waals surface area contributed by atoms with Crippen molar-refractivity contribution in [1.29, 1.82) is 0 Å². The summed E-state index contributed by atoms with van der Waals surface area (Å²) in [5.41, 5.74) is 8.21. The highest BCUT2D eigenvalue weighted by Gasteiger charge is 2.24. The second-order valence-electron chi connectivity index (χ2n) is 7.76. The summed E-state index contributed by atoms with van der Waals surface area (Å²) in [5.74, 6) is 0.871. The molecule has 5 heteroatoms. The molecule has 3 heterocycles. The van der Waals surface area contributed by atoms with Gasteiger partial charge in [0.25, 0.3) is 0 Å². The van der Waals surface area contributed by atoms with Crippen molar-refractivity contribution in [3.05, 3.63) is 89.0 Å². The van der Waals surface area contributed by atoms with Crippen molar-refractivity contribution in [1.82, 2.24) is 19.9 Å². The summed E-state index contributed by atoms with van der Waals surface area (Å²) >= 11 is 0. The van der Waals surface area contributed by atoms with Gasteiger partial charge < -0.3 is 5.32 Å². The molecule has 29 heavy (non-hydrogen) atoms. The van der Waals surface area contributed by atoms with Crippen LogP contribution in [0.25, 0.3) is 10.9 Å². The average molecular weight is 381 g/mol. The van der Waals surface area contributed by atoms with Gasteiger partial charge in [-0.05, 0) is 37.1 Å². The van der Waals surface area contributed by atoms with Gasteiger partial charge in [-0.25, -0.2) is 9.97 Å². The van der Waals surface area contributed by atoms with Gasteiger partial charge in [-0.3, -0.25) is 9.88 Å². The molecule has 0 fully saturated rings.